The van der Waals surface area contributed by atoms with Crippen LogP contribution in [0.15, 0.2) is 203 Å². The Bertz CT molecular complexity index is 3460. The standard InChI is InChI=1S/C52H32N2O2/c1-2-16-34-32-50-42(31-33(34)15-1)41-22-13-21-39(51(41)56-50)37-19-5-9-26-45(37)54(48-29-14-23-40-38-20-6-12-30-49(38)55-52(40)48)47-28-11-10-27-46(47)53-43-24-7-3-17-35(43)36-18-4-8-25-44(36)53/h1-32H. The van der Waals surface area contributed by atoms with E-state index in [9.17, 15) is 0 Å². The van der Waals surface area contributed by atoms with E-state index < -0.39 is 0 Å². The highest BCUT2D eigenvalue weighted by atomic mass is 16.3. The zero-order valence-corrected chi connectivity index (χ0v) is 30.2. The fraction of sp³-hybridized carbons (Fsp3) is 0. The van der Waals surface area contributed by atoms with Gasteiger partial charge < -0.3 is 18.3 Å². The van der Waals surface area contributed by atoms with E-state index in [1.165, 1.54) is 16.2 Å². The number of aromatic nitrogens is 1. The van der Waals surface area contributed by atoms with Crippen molar-refractivity contribution in [1.82, 2.24) is 4.57 Å². The highest BCUT2D eigenvalue weighted by Gasteiger charge is 2.26. The maximum atomic E-state index is 6.84. The van der Waals surface area contributed by atoms with Crippen molar-refractivity contribution in [3.8, 4) is 16.8 Å². The molecule has 0 atom stereocenters. The van der Waals surface area contributed by atoms with Gasteiger partial charge >= 0.3 is 0 Å². The van der Waals surface area contributed by atoms with E-state index in [4.69, 9.17) is 8.83 Å². The summed E-state index contributed by atoms with van der Waals surface area (Å²) in [6, 6.07) is 68.9. The molecule has 3 aromatic heterocycles. The lowest BCUT2D eigenvalue weighted by Crippen LogP contribution is -2.14. The molecule has 0 saturated heterocycles. The molecule has 0 fully saturated rings. The summed E-state index contributed by atoms with van der Waals surface area (Å²) in [4.78, 5) is 2.38. The Morgan fingerprint density at radius 1 is 0.339 bits per heavy atom. The monoisotopic (exact) mass is 716 g/mol. The van der Waals surface area contributed by atoms with Crippen LogP contribution in [-0.2, 0) is 0 Å². The Kier molecular flexibility index (Phi) is 6.60. The van der Waals surface area contributed by atoms with Crippen LogP contribution in [0.3, 0.4) is 0 Å². The molecule has 0 unspecified atom stereocenters. The first-order chi connectivity index (χ1) is 27.8. The Balaban J connectivity index is 1.18. The predicted molar refractivity (Wildman–Crippen MR) is 233 cm³/mol. The zero-order valence-electron chi connectivity index (χ0n) is 30.2. The third kappa shape index (κ3) is 4.47. The molecule has 0 radical (unpaired) electrons. The van der Waals surface area contributed by atoms with Crippen molar-refractivity contribution in [3.63, 3.8) is 0 Å². The van der Waals surface area contributed by atoms with Crippen LogP contribution in [0.2, 0.25) is 0 Å². The number of hydrogen-bond donors (Lipinski definition) is 0. The molecule has 12 rings (SSSR count). The summed E-state index contributed by atoms with van der Waals surface area (Å²) in [6.07, 6.45) is 0. The number of para-hydroxylation sites is 8. The van der Waals surface area contributed by atoms with Crippen LogP contribution in [0.5, 0.6) is 0 Å². The Morgan fingerprint density at radius 2 is 0.875 bits per heavy atom. The second-order valence-corrected chi connectivity index (χ2v) is 14.4. The number of anilines is 3. The van der Waals surface area contributed by atoms with Gasteiger partial charge in [-0.05, 0) is 65.4 Å². The van der Waals surface area contributed by atoms with Crippen LogP contribution in [0.4, 0.5) is 17.1 Å². The molecule has 262 valence electrons. The highest BCUT2D eigenvalue weighted by molar-refractivity contribution is 6.16. The number of hydrogen-bond acceptors (Lipinski definition) is 3. The first-order valence-electron chi connectivity index (χ1n) is 19.0. The van der Waals surface area contributed by atoms with Gasteiger partial charge in [0, 0.05) is 43.4 Å². The van der Waals surface area contributed by atoms with E-state index >= 15 is 0 Å². The van der Waals surface area contributed by atoms with Crippen LogP contribution in [0.1, 0.15) is 0 Å². The van der Waals surface area contributed by atoms with E-state index in [0.717, 1.165) is 94.2 Å². The van der Waals surface area contributed by atoms with Gasteiger partial charge in [-0.3, -0.25) is 0 Å². The van der Waals surface area contributed by atoms with Crippen LogP contribution in [-0.4, -0.2) is 4.57 Å². The van der Waals surface area contributed by atoms with Crippen molar-refractivity contribution in [2.75, 3.05) is 4.90 Å². The lowest BCUT2D eigenvalue weighted by molar-refractivity contribution is 0.669. The number of furan rings is 2. The van der Waals surface area contributed by atoms with E-state index in [-0.39, 0.29) is 0 Å². The second-order valence-electron chi connectivity index (χ2n) is 14.4. The summed E-state index contributed by atoms with van der Waals surface area (Å²) in [6.45, 7) is 0. The normalized spacial score (nSPS) is 11.9. The van der Waals surface area contributed by atoms with Gasteiger partial charge in [0.25, 0.3) is 0 Å². The number of benzene rings is 9. The van der Waals surface area contributed by atoms with Gasteiger partial charge in [0.1, 0.15) is 16.7 Å². The van der Waals surface area contributed by atoms with Crippen molar-refractivity contribution in [2.45, 2.75) is 0 Å². The number of rotatable bonds is 5. The molecule has 0 spiro atoms. The number of nitrogens with zero attached hydrogens (tertiary/aromatic N) is 2. The second kappa shape index (κ2) is 12.0. The first-order valence-corrected chi connectivity index (χ1v) is 19.0. The smallest absolute Gasteiger partial charge is 0.159 e. The minimum Gasteiger partial charge on any atom is -0.455 e. The predicted octanol–water partition coefficient (Wildman–Crippen LogP) is 14.9. The largest absolute Gasteiger partial charge is 0.455 e. The molecular weight excluding hydrogens is 685 g/mol. The van der Waals surface area contributed by atoms with Gasteiger partial charge in [0.15, 0.2) is 5.58 Å². The minimum absolute atomic E-state index is 0.828. The molecule has 56 heavy (non-hydrogen) atoms. The molecule has 0 bridgehead atoms. The van der Waals surface area contributed by atoms with Gasteiger partial charge in [-0.1, -0.05) is 140 Å². The van der Waals surface area contributed by atoms with Crippen LogP contribution >= 0.6 is 0 Å². The highest BCUT2D eigenvalue weighted by Crippen LogP contribution is 2.49. The third-order valence-corrected chi connectivity index (χ3v) is 11.4. The Morgan fingerprint density at radius 3 is 1.68 bits per heavy atom. The first kappa shape index (κ1) is 30.9. The number of fused-ring (bicyclic) bond motifs is 10. The SMILES string of the molecule is c1ccc(N(c2ccccc2-n2c3ccccc3c3ccccc32)c2cccc3c2oc2ccccc23)c(-c2cccc3c2oc2cc4ccccc4cc23)c1. The molecule has 0 saturated carbocycles. The molecule has 0 aliphatic heterocycles. The average Bonchev–Trinajstić information content (AvgIpc) is 3.93. The van der Waals surface area contributed by atoms with Crippen molar-refractivity contribution in [2.24, 2.45) is 0 Å². The Hall–Kier alpha value is -7.56. The molecule has 12 aromatic rings. The summed E-state index contributed by atoms with van der Waals surface area (Å²) < 4.78 is 16.0. The van der Waals surface area contributed by atoms with Crippen LogP contribution < -0.4 is 4.90 Å². The molecule has 4 nitrogen and oxygen atoms in total. The lowest BCUT2D eigenvalue weighted by Gasteiger charge is -2.30. The summed E-state index contributed by atoms with van der Waals surface area (Å²) >= 11 is 0. The fourth-order valence-electron chi connectivity index (χ4n) is 8.91. The van der Waals surface area contributed by atoms with E-state index in [1.54, 1.807) is 0 Å². The van der Waals surface area contributed by atoms with E-state index in [1.807, 2.05) is 6.07 Å². The molecule has 9 aromatic carbocycles. The summed E-state index contributed by atoms with van der Waals surface area (Å²) in [5.41, 5.74) is 11.8. The van der Waals surface area contributed by atoms with Crippen LogP contribution in [0.25, 0.3) is 93.3 Å². The van der Waals surface area contributed by atoms with Crippen LogP contribution in [0, 0.1) is 0 Å². The molecule has 4 heteroatoms. The zero-order chi connectivity index (χ0) is 36.7. The quantitative estimate of drug-likeness (QED) is 0.178. The van der Waals surface area contributed by atoms with Crippen molar-refractivity contribution in [1.29, 1.82) is 0 Å². The van der Waals surface area contributed by atoms with Crippen molar-refractivity contribution < 1.29 is 8.83 Å². The van der Waals surface area contributed by atoms with Gasteiger partial charge in [-0.15, -0.1) is 0 Å². The van der Waals surface area contributed by atoms with Gasteiger partial charge in [-0.2, -0.15) is 0 Å². The maximum Gasteiger partial charge on any atom is 0.159 e. The molecule has 3 heterocycles. The average molecular weight is 717 g/mol. The molecule has 0 aliphatic carbocycles. The summed E-state index contributed by atoms with van der Waals surface area (Å²) in [5, 5.41) is 9.15. The molecule has 0 amide bonds. The molecule has 0 aliphatic rings. The van der Waals surface area contributed by atoms with Crippen molar-refractivity contribution >= 4 is 93.5 Å². The molecular formula is C52H32N2O2. The summed E-state index contributed by atoms with van der Waals surface area (Å²) in [5.74, 6) is 0. The Labute approximate surface area is 321 Å². The summed E-state index contributed by atoms with van der Waals surface area (Å²) in [7, 11) is 0. The van der Waals surface area contributed by atoms with Gasteiger partial charge in [0.2, 0.25) is 0 Å². The van der Waals surface area contributed by atoms with E-state index in [0.29, 0.717) is 0 Å². The lowest BCUT2D eigenvalue weighted by atomic mass is 9.98. The topological polar surface area (TPSA) is 34.5 Å². The van der Waals surface area contributed by atoms with Gasteiger partial charge in [0.05, 0.1) is 33.8 Å². The third-order valence-electron chi connectivity index (χ3n) is 11.4. The van der Waals surface area contributed by atoms with E-state index in [2.05, 4.69) is 198 Å². The fourth-order valence-corrected chi connectivity index (χ4v) is 8.91. The minimum atomic E-state index is 0.828. The molecule has 0 N–H and O–H groups in total. The van der Waals surface area contributed by atoms with Crippen molar-refractivity contribution in [3.05, 3.63) is 194 Å². The van der Waals surface area contributed by atoms with Gasteiger partial charge in [-0.25, -0.2) is 0 Å². The maximum absolute atomic E-state index is 6.84.